The van der Waals surface area contributed by atoms with Gasteiger partial charge in [0.05, 0.1) is 11.1 Å². The molecule has 0 saturated heterocycles. The highest BCUT2D eigenvalue weighted by Crippen LogP contribution is 2.35. The minimum absolute atomic E-state index is 0.120. The fourth-order valence-electron chi connectivity index (χ4n) is 3.43. The summed E-state index contributed by atoms with van der Waals surface area (Å²) < 4.78 is 5.98. The van der Waals surface area contributed by atoms with E-state index < -0.39 is 5.78 Å². The van der Waals surface area contributed by atoms with Crippen LogP contribution in [0.1, 0.15) is 40.4 Å². The molecule has 4 rings (SSSR count). The molecule has 0 unspecified atom stereocenters. The Kier molecular flexibility index (Phi) is 6.12. The molecule has 0 aliphatic rings. The minimum atomic E-state index is -0.443. The lowest BCUT2D eigenvalue weighted by atomic mass is 9.97. The van der Waals surface area contributed by atoms with E-state index in [-0.39, 0.29) is 29.2 Å². The monoisotopic (exact) mass is 430 g/mol. The Labute approximate surface area is 184 Å². The van der Waals surface area contributed by atoms with Gasteiger partial charge in [0, 0.05) is 11.1 Å². The Hall–Kier alpha value is -4.20. The van der Waals surface area contributed by atoms with Crippen LogP contribution in [-0.2, 0) is 13.0 Å². The first-order valence-corrected chi connectivity index (χ1v) is 10.2. The predicted molar refractivity (Wildman–Crippen MR) is 118 cm³/mol. The Morgan fingerprint density at radius 2 is 1.78 bits per heavy atom. The number of hydrogen-bond acceptors (Lipinski definition) is 7. The molecule has 0 aliphatic heterocycles. The molecular formula is C24H22N4O4. The number of para-hydroxylation sites is 1. The summed E-state index contributed by atoms with van der Waals surface area (Å²) in [6, 6.07) is 17.0. The first-order chi connectivity index (χ1) is 15.6. The summed E-state index contributed by atoms with van der Waals surface area (Å²) in [5, 5.41) is 34.7. The summed E-state index contributed by atoms with van der Waals surface area (Å²) in [6.45, 7) is 2.27. The topological polar surface area (TPSA) is 121 Å². The van der Waals surface area contributed by atoms with Crippen LogP contribution in [-0.4, -0.2) is 36.6 Å². The molecular weight excluding hydrogens is 408 g/mol. The number of rotatable bonds is 8. The Balaban J connectivity index is 1.56. The van der Waals surface area contributed by atoms with Crippen molar-refractivity contribution in [2.75, 3.05) is 0 Å². The van der Waals surface area contributed by atoms with Crippen molar-refractivity contribution in [1.82, 2.24) is 20.6 Å². The molecule has 3 aromatic carbocycles. The van der Waals surface area contributed by atoms with Gasteiger partial charge in [-0.05, 0) is 41.5 Å². The zero-order chi connectivity index (χ0) is 22.5. The molecule has 0 bridgehead atoms. The van der Waals surface area contributed by atoms with Gasteiger partial charge in [-0.2, -0.15) is 5.21 Å². The number of hydrogen-bond donors (Lipinski definition) is 3. The summed E-state index contributed by atoms with van der Waals surface area (Å²) in [6.07, 6.45) is 1.30. The van der Waals surface area contributed by atoms with E-state index in [4.69, 9.17) is 4.74 Å². The molecule has 8 heteroatoms. The van der Waals surface area contributed by atoms with Crippen LogP contribution < -0.4 is 4.74 Å². The van der Waals surface area contributed by atoms with Crippen molar-refractivity contribution in [1.29, 1.82) is 0 Å². The number of tetrazole rings is 1. The van der Waals surface area contributed by atoms with E-state index in [9.17, 15) is 15.0 Å². The average Bonchev–Trinajstić information content (AvgIpc) is 3.35. The predicted octanol–water partition coefficient (Wildman–Crippen LogP) is 4.04. The van der Waals surface area contributed by atoms with Crippen LogP contribution in [0.4, 0.5) is 0 Å². The van der Waals surface area contributed by atoms with Crippen LogP contribution in [0, 0.1) is 0 Å². The number of aromatic hydroxyl groups is 2. The lowest BCUT2D eigenvalue weighted by Gasteiger charge is -2.15. The number of aromatic nitrogens is 4. The number of H-pyrrole nitrogens is 1. The number of carbonyl (C=O) groups excluding carboxylic acids is 1. The number of nitrogens with zero attached hydrogens (tertiary/aromatic N) is 3. The quantitative estimate of drug-likeness (QED) is 0.361. The molecule has 0 aliphatic carbocycles. The second kappa shape index (κ2) is 9.30. The second-order valence-corrected chi connectivity index (χ2v) is 7.26. The highest BCUT2D eigenvalue weighted by molar-refractivity contribution is 6.12. The summed E-state index contributed by atoms with van der Waals surface area (Å²) in [5.41, 5.74) is 2.59. The lowest BCUT2D eigenvalue weighted by molar-refractivity contribution is 0.103. The number of ketones is 1. The maximum atomic E-state index is 12.9. The van der Waals surface area contributed by atoms with Crippen LogP contribution in [0.2, 0.25) is 0 Å². The van der Waals surface area contributed by atoms with Crippen molar-refractivity contribution in [3.63, 3.8) is 0 Å². The van der Waals surface area contributed by atoms with Crippen LogP contribution >= 0.6 is 0 Å². The molecule has 1 aromatic heterocycles. The first kappa shape index (κ1) is 21.0. The van der Waals surface area contributed by atoms with E-state index >= 15 is 0 Å². The molecule has 0 fully saturated rings. The fraction of sp³-hybridized carbons (Fsp3) is 0.167. The standard InChI is InChI=1S/C24H22N4O4/c1-2-5-18-21(32-14-15-8-10-16(11-9-15)24-25-27-28-26-24)13-12-19(23(18)31)22(30)17-6-3-4-7-20(17)29/h3-4,6-13,29,31H,2,5,14H2,1H3,(H,25,26,27,28). The summed E-state index contributed by atoms with van der Waals surface area (Å²) >= 11 is 0. The number of benzene rings is 3. The first-order valence-electron chi connectivity index (χ1n) is 10.2. The number of phenols is 2. The Morgan fingerprint density at radius 1 is 1.00 bits per heavy atom. The molecule has 162 valence electrons. The van der Waals surface area contributed by atoms with Crippen LogP contribution in [0.15, 0.2) is 60.7 Å². The third-order valence-corrected chi connectivity index (χ3v) is 5.08. The molecule has 1 heterocycles. The third kappa shape index (κ3) is 4.29. The van der Waals surface area contributed by atoms with Gasteiger partial charge in [0.25, 0.3) is 0 Å². The summed E-state index contributed by atoms with van der Waals surface area (Å²) in [4.78, 5) is 12.9. The maximum Gasteiger partial charge on any atom is 0.204 e. The van der Waals surface area contributed by atoms with Gasteiger partial charge in [0.1, 0.15) is 23.9 Å². The highest BCUT2D eigenvalue weighted by Gasteiger charge is 2.21. The third-order valence-electron chi connectivity index (χ3n) is 5.08. The lowest BCUT2D eigenvalue weighted by Crippen LogP contribution is -2.06. The van der Waals surface area contributed by atoms with Gasteiger partial charge in [0.15, 0.2) is 5.78 Å². The maximum absolute atomic E-state index is 12.9. The Bertz CT molecular complexity index is 1220. The van der Waals surface area contributed by atoms with Crippen molar-refractivity contribution >= 4 is 5.78 Å². The zero-order valence-electron chi connectivity index (χ0n) is 17.4. The largest absolute Gasteiger partial charge is 0.507 e. The van der Waals surface area contributed by atoms with Gasteiger partial charge in [0.2, 0.25) is 5.82 Å². The van der Waals surface area contributed by atoms with Crippen LogP contribution in [0.25, 0.3) is 11.4 Å². The van der Waals surface area contributed by atoms with Gasteiger partial charge < -0.3 is 14.9 Å². The van der Waals surface area contributed by atoms with E-state index in [1.165, 1.54) is 18.2 Å². The van der Waals surface area contributed by atoms with Crippen molar-refractivity contribution in [3.05, 3.63) is 82.9 Å². The van der Waals surface area contributed by atoms with Gasteiger partial charge in [-0.25, -0.2) is 0 Å². The van der Waals surface area contributed by atoms with Crippen molar-refractivity contribution < 1.29 is 19.7 Å². The smallest absolute Gasteiger partial charge is 0.204 e. The van der Waals surface area contributed by atoms with Crippen molar-refractivity contribution in [2.24, 2.45) is 0 Å². The molecule has 8 nitrogen and oxygen atoms in total. The van der Waals surface area contributed by atoms with Crippen LogP contribution in [0.5, 0.6) is 17.2 Å². The van der Waals surface area contributed by atoms with Crippen LogP contribution in [0.3, 0.4) is 0 Å². The molecule has 4 aromatic rings. The number of phenolic OH excluding ortho intramolecular Hbond substituents is 2. The van der Waals surface area contributed by atoms with Gasteiger partial charge in [-0.1, -0.05) is 49.7 Å². The van der Waals surface area contributed by atoms with E-state index in [1.807, 2.05) is 31.2 Å². The normalized spacial score (nSPS) is 10.8. The van der Waals surface area contributed by atoms with E-state index in [0.29, 0.717) is 23.6 Å². The molecule has 32 heavy (non-hydrogen) atoms. The van der Waals surface area contributed by atoms with E-state index in [2.05, 4.69) is 20.6 Å². The van der Waals surface area contributed by atoms with Crippen molar-refractivity contribution in [3.8, 4) is 28.6 Å². The van der Waals surface area contributed by atoms with Gasteiger partial charge in [-0.15, -0.1) is 10.2 Å². The molecule has 0 atom stereocenters. The van der Waals surface area contributed by atoms with Gasteiger partial charge >= 0.3 is 0 Å². The van der Waals surface area contributed by atoms with E-state index in [1.54, 1.807) is 18.2 Å². The highest BCUT2D eigenvalue weighted by atomic mass is 16.5. The molecule has 0 saturated carbocycles. The molecule has 0 radical (unpaired) electrons. The van der Waals surface area contributed by atoms with Gasteiger partial charge in [-0.3, -0.25) is 4.79 Å². The summed E-state index contributed by atoms with van der Waals surface area (Å²) in [5.74, 6) is 0.336. The minimum Gasteiger partial charge on any atom is -0.507 e. The molecule has 3 N–H and O–H groups in total. The zero-order valence-corrected chi connectivity index (χ0v) is 17.4. The Morgan fingerprint density at radius 3 is 2.47 bits per heavy atom. The number of ether oxygens (including phenoxy) is 1. The number of nitrogens with one attached hydrogen (secondary N) is 1. The molecule has 0 amide bonds. The average molecular weight is 430 g/mol. The summed E-state index contributed by atoms with van der Waals surface area (Å²) in [7, 11) is 0. The number of aromatic amines is 1. The van der Waals surface area contributed by atoms with Crippen molar-refractivity contribution in [2.45, 2.75) is 26.4 Å². The SMILES string of the molecule is CCCc1c(OCc2ccc(-c3nn[nH]n3)cc2)ccc(C(=O)c2ccccc2O)c1O. The second-order valence-electron chi connectivity index (χ2n) is 7.26. The molecule has 0 spiro atoms. The number of carbonyl (C=O) groups is 1. The fourth-order valence-corrected chi connectivity index (χ4v) is 3.43. The van der Waals surface area contributed by atoms with E-state index in [0.717, 1.165) is 17.5 Å².